The molecule has 1 aromatic heterocycles. The van der Waals surface area contributed by atoms with E-state index in [1.54, 1.807) is 23.0 Å². The normalized spacial score (nSPS) is 16.4. The molecule has 162 valence electrons. The Morgan fingerprint density at radius 1 is 1.32 bits per heavy atom. The number of fused-ring (bicyclic) bond motifs is 1. The Kier molecular flexibility index (Phi) is 6.18. The van der Waals surface area contributed by atoms with Crippen LogP contribution < -0.4 is 10.2 Å². The number of hydrogen-bond donors (Lipinski definition) is 1. The van der Waals surface area contributed by atoms with Crippen molar-refractivity contribution in [2.45, 2.75) is 12.5 Å². The van der Waals surface area contributed by atoms with Crippen LogP contribution in [-0.2, 0) is 11.8 Å². The smallest absolute Gasteiger partial charge is 0.255 e. The Labute approximate surface area is 186 Å². The maximum atomic E-state index is 13.5. The molecule has 1 unspecified atom stereocenters. The standard InChI is InChI=1S/C23H27N5O2S/c1-26-15-24-14-21(26)27(2)17-7-8-18-16(13-17)5-4-6-19(18)23(30)28-11-10-25-22(29)20(28)9-12-31-3/h4-8,13-15,20H,9-12H2,1-3H3,(H,25,29). The minimum Gasteiger partial charge on any atom is -0.353 e. The molecule has 0 spiro atoms. The fourth-order valence-electron chi connectivity index (χ4n) is 4.10. The van der Waals surface area contributed by atoms with Gasteiger partial charge in [0.1, 0.15) is 11.9 Å². The molecule has 4 rings (SSSR count). The highest BCUT2D eigenvalue weighted by Crippen LogP contribution is 2.29. The molecule has 1 aliphatic rings. The second-order valence-corrected chi connectivity index (χ2v) is 8.71. The van der Waals surface area contributed by atoms with Crippen LogP contribution in [0.3, 0.4) is 0 Å². The molecule has 2 aromatic carbocycles. The summed E-state index contributed by atoms with van der Waals surface area (Å²) >= 11 is 1.68. The lowest BCUT2D eigenvalue weighted by molar-refractivity contribution is -0.127. The number of aryl methyl sites for hydroxylation is 1. The van der Waals surface area contributed by atoms with Gasteiger partial charge < -0.3 is 19.7 Å². The van der Waals surface area contributed by atoms with E-state index in [1.807, 2.05) is 61.4 Å². The van der Waals surface area contributed by atoms with E-state index in [2.05, 4.69) is 21.3 Å². The lowest BCUT2D eigenvalue weighted by Gasteiger charge is -2.35. The van der Waals surface area contributed by atoms with Crippen molar-refractivity contribution in [3.63, 3.8) is 0 Å². The number of thioether (sulfide) groups is 1. The Hall–Kier alpha value is -3.00. The van der Waals surface area contributed by atoms with Gasteiger partial charge in [0.05, 0.1) is 12.5 Å². The number of carbonyl (C=O) groups is 2. The summed E-state index contributed by atoms with van der Waals surface area (Å²) in [5.41, 5.74) is 1.65. The second kappa shape index (κ2) is 9.01. The number of nitrogens with one attached hydrogen (secondary N) is 1. The molecule has 8 heteroatoms. The molecule has 0 bridgehead atoms. The lowest BCUT2D eigenvalue weighted by Crippen LogP contribution is -2.57. The Morgan fingerprint density at radius 2 is 2.16 bits per heavy atom. The van der Waals surface area contributed by atoms with Gasteiger partial charge in [0.25, 0.3) is 5.91 Å². The van der Waals surface area contributed by atoms with Crippen LogP contribution in [0.15, 0.2) is 48.9 Å². The zero-order valence-electron chi connectivity index (χ0n) is 18.0. The summed E-state index contributed by atoms with van der Waals surface area (Å²) in [6.07, 6.45) is 6.26. The van der Waals surface area contributed by atoms with Gasteiger partial charge in [0.2, 0.25) is 5.91 Å². The summed E-state index contributed by atoms with van der Waals surface area (Å²) in [5.74, 6) is 1.66. The second-order valence-electron chi connectivity index (χ2n) is 7.72. The van der Waals surface area contributed by atoms with Gasteiger partial charge in [-0.15, -0.1) is 0 Å². The molecule has 7 nitrogen and oxygen atoms in total. The van der Waals surface area contributed by atoms with Crippen molar-refractivity contribution in [3.8, 4) is 0 Å². The monoisotopic (exact) mass is 437 g/mol. The van der Waals surface area contributed by atoms with Gasteiger partial charge in [-0.1, -0.05) is 18.2 Å². The summed E-state index contributed by atoms with van der Waals surface area (Å²) in [6.45, 7) is 1.02. The Morgan fingerprint density at radius 3 is 2.90 bits per heavy atom. The van der Waals surface area contributed by atoms with Gasteiger partial charge in [-0.3, -0.25) is 9.59 Å². The number of piperazine rings is 1. The first-order valence-corrected chi connectivity index (χ1v) is 11.7. The average Bonchev–Trinajstić information content (AvgIpc) is 3.22. The summed E-state index contributed by atoms with van der Waals surface area (Å²) in [7, 11) is 3.95. The molecule has 1 N–H and O–H groups in total. The fourth-order valence-corrected chi connectivity index (χ4v) is 4.56. The van der Waals surface area contributed by atoms with Crippen LogP contribution in [-0.4, -0.2) is 64.5 Å². The minimum absolute atomic E-state index is 0.0611. The first-order valence-electron chi connectivity index (χ1n) is 10.3. The summed E-state index contributed by atoms with van der Waals surface area (Å²) in [6, 6.07) is 11.4. The van der Waals surface area contributed by atoms with Crippen molar-refractivity contribution in [2.75, 3.05) is 37.0 Å². The van der Waals surface area contributed by atoms with Crippen LogP contribution in [0, 0.1) is 0 Å². The van der Waals surface area contributed by atoms with E-state index < -0.39 is 6.04 Å². The minimum atomic E-state index is -0.417. The van der Waals surface area contributed by atoms with Crippen molar-refractivity contribution < 1.29 is 9.59 Å². The Balaban J connectivity index is 1.67. The third-order valence-electron chi connectivity index (χ3n) is 5.80. The van der Waals surface area contributed by atoms with E-state index in [0.29, 0.717) is 25.1 Å². The van der Waals surface area contributed by atoms with Crippen molar-refractivity contribution in [3.05, 3.63) is 54.5 Å². The molecule has 2 heterocycles. The van der Waals surface area contributed by atoms with Crippen LogP contribution in [0.2, 0.25) is 0 Å². The first-order chi connectivity index (χ1) is 15.0. The topological polar surface area (TPSA) is 70.5 Å². The van der Waals surface area contributed by atoms with E-state index in [-0.39, 0.29) is 11.8 Å². The number of aromatic nitrogens is 2. The van der Waals surface area contributed by atoms with E-state index in [4.69, 9.17) is 0 Å². The van der Waals surface area contributed by atoms with Crippen molar-refractivity contribution in [1.29, 1.82) is 0 Å². The molecule has 2 amide bonds. The van der Waals surface area contributed by atoms with Gasteiger partial charge >= 0.3 is 0 Å². The molecule has 31 heavy (non-hydrogen) atoms. The highest BCUT2D eigenvalue weighted by molar-refractivity contribution is 7.98. The summed E-state index contributed by atoms with van der Waals surface area (Å²) < 4.78 is 1.96. The predicted octanol–water partition coefficient (Wildman–Crippen LogP) is 3.03. The maximum absolute atomic E-state index is 13.5. The number of nitrogens with zero attached hydrogens (tertiary/aromatic N) is 4. The average molecular weight is 438 g/mol. The van der Waals surface area contributed by atoms with Gasteiger partial charge in [-0.05, 0) is 47.4 Å². The van der Waals surface area contributed by atoms with Crippen molar-refractivity contribution in [2.24, 2.45) is 7.05 Å². The fraction of sp³-hybridized carbons (Fsp3) is 0.348. The van der Waals surface area contributed by atoms with Gasteiger partial charge in [-0.25, -0.2) is 4.98 Å². The third-order valence-corrected chi connectivity index (χ3v) is 6.45. The molecule has 1 saturated heterocycles. The summed E-state index contributed by atoms with van der Waals surface area (Å²) in [5, 5.41) is 4.78. The largest absolute Gasteiger partial charge is 0.353 e. The highest BCUT2D eigenvalue weighted by Gasteiger charge is 2.33. The van der Waals surface area contributed by atoms with E-state index in [9.17, 15) is 9.59 Å². The number of rotatable bonds is 6. The zero-order chi connectivity index (χ0) is 22.0. The molecule has 3 aromatic rings. The van der Waals surface area contributed by atoms with E-state index in [1.165, 1.54) is 0 Å². The highest BCUT2D eigenvalue weighted by atomic mass is 32.2. The number of benzene rings is 2. The quantitative estimate of drug-likeness (QED) is 0.642. The van der Waals surface area contributed by atoms with E-state index >= 15 is 0 Å². The van der Waals surface area contributed by atoms with Crippen LogP contribution >= 0.6 is 11.8 Å². The number of carbonyl (C=O) groups excluding carboxylic acids is 2. The van der Waals surface area contributed by atoms with Crippen LogP contribution in [0.5, 0.6) is 0 Å². The first kappa shape index (κ1) is 21.2. The van der Waals surface area contributed by atoms with Crippen LogP contribution in [0.1, 0.15) is 16.8 Å². The molecule has 1 aliphatic heterocycles. The van der Waals surface area contributed by atoms with E-state index in [0.717, 1.165) is 28.0 Å². The van der Waals surface area contributed by atoms with Crippen molar-refractivity contribution >= 4 is 45.9 Å². The molecular weight excluding hydrogens is 410 g/mol. The maximum Gasteiger partial charge on any atom is 0.255 e. The number of hydrogen-bond acceptors (Lipinski definition) is 5. The number of imidazole rings is 1. The molecule has 1 fully saturated rings. The van der Waals surface area contributed by atoms with Crippen molar-refractivity contribution in [1.82, 2.24) is 19.8 Å². The molecule has 1 atom stereocenters. The predicted molar refractivity (Wildman–Crippen MR) is 126 cm³/mol. The molecule has 0 aliphatic carbocycles. The lowest BCUT2D eigenvalue weighted by atomic mass is 10.0. The SMILES string of the molecule is CSCCC1C(=O)NCCN1C(=O)c1cccc2cc(N(C)c3cncn3C)ccc12. The van der Waals surface area contributed by atoms with Gasteiger partial charge in [0.15, 0.2) is 0 Å². The molecule has 0 radical (unpaired) electrons. The molecule has 0 saturated carbocycles. The number of anilines is 2. The Bertz CT molecular complexity index is 1110. The van der Waals surface area contributed by atoms with Gasteiger partial charge in [-0.2, -0.15) is 11.8 Å². The van der Waals surface area contributed by atoms with Crippen LogP contribution in [0.4, 0.5) is 11.5 Å². The summed E-state index contributed by atoms with van der Waals surface area (Å²) in [4.78, 5) is 33.9. The zero-order valence-corrected chi connectivity index (χ0v) is 18.9. The third kappa shape index (κ3) is 4.12. The number of amides is 2. The van der Waals surface area contributed by atoms with Crippen LogP contribution in [0.25, 0.3) is 10.8 Å². The molecular formula is C23H27N5O2S. The van der Waals surface area contributed by atoms with Gasteiger partial charge in [0, 0.05) is 38.4 Å².